The molecule has 1 aliphatic carbocycles. The van der Waals surface area contributed by atoms with Crippen LogP contribution in [0.15, 0.2) is 36.8 Å². The molecule has 7 nitrogen and oxygen atoms in total. The van der Waals surface area contributed by atoms with Crippen LogP contribution in [0.25, 0.3) is 5.69 Å². The molecule has 190 valence electrons. The molecule has 5 rings (SSSR count). The number of anilines is 1. The summed E-state index contributed by atoms with van der Waals surface area (Å²) in [4.78, 5) is 24.5. The van der Waals surface area contributed by atoms with Crippen molar-refractivity contribution in [1.29, 1.82) is 0 Å². The van der Waals surface area contributed by atoms with Crippen LogP contribution in [0.3, 0.4) is 0 Å². The number of hydrogen-bond acceptors (Lipinski definition) is 5. The Labute approximate surface area is 203 Å². The first-order valence-electron chi connectivity index (χ1n) is 11.6. The van der Waals surface area contributed by atoms with E-state index >= 15 is 0 Å². The highest BCUT2D eigenvalue weighted by Crippen LogP contribution is 2.35. The van der Waals surface area contributed by atoms with Crippen LogP contribution in [0.1, 0.15) is 47.4 Å². The van der Waals surface area contributed by atoms with Crippen molar-refractivity contribution in [3.05, 3.63) is 65.4 Å². The molecule has 1 amide bonds. The topological polar surface area (TPSA) is 67.2 Å². The molecule has 12 heteroatoms. The third kappa shape index (κ3) is 4.63. The van der Waals surface area contributed by atoms with Crippen molar-refractivity contribution in [3.8, 4) is 5.69 Å². The molecule has 0 atom stereocenters. The molecular formula is C24H23F5N6O. The average Bonchev–Trinajstić information content (AvgIpc) is 3.58. The van der Waals surface area contributed by atoms with Gasteiger partial charge in [-0.15, -0.1) is 0 Å². The first kappa shape index (κ1) is 24.1. The number of benzene rings is 1. The molecule has 1 aliphatic heterocycles. The summed E-state index contributed by atoms with van der Waals surface area (Å²) in [5.74, 6) is -1.53. The molecule has 0 bridgehead atoms. The highest BCUT2D eigenvalue weighted by Gasteiger charge is 2.40. The zero-order chi connectivity index (χ0) is 25.6. The van der Waals surface area contributed by atoms with E-state index in [1.807, 2.05) is 0 Å². The van der Waals surface area contributed by atoms with E-state index in [1.165, 1.54) is 23.1 Å². The molecule has 1 saturated carbocycles. The van der Waals surface area contributed by atoms with Crippen LogP contribution in [0.2, 0.25) is 0 Å². The van der Waals surface area contributed by atoms with E-state index in [4.69, 9.17) is 0 Å². The maximum absolute atomic E-state index is 14.9. The Balaban J connectivity index is 1.30. The Kier molecular flexibility index (Phi) is 6.13. The molecule has 0 unspecified atom stereocenters. The Morgan fingerprint density at radius 1 is 1.00 bits per heavy atom. The minimum atomic E-state index is -4.67. The summed E-state index contributed by atoms with van der Waals surface area (Å²) in [7, 11) is 0. The molecule has 3 heterocycles. The number of pyridine rings is 1. The molecular weight excluding hydrogens is 483 g/mol. The third-order valence-electron chi connectivity index (χ3n) is 6.62. The second kappa shape index (κ2) is 9.14. The van der Waals surface area contributed by atoms with Gasteiger partial charge < -0.3 is 9.80 Å². The lowest BCUT2D eigenvalue weighted by molar-refractivity contribution is -0.138. The number of rotatable bonds is 5. The molecule has 0 N–H and O–H groups in total. The molecule has 2 fully saturated rings. The van der Waals surface area contributed by atoms with Gasteiger partial charge in [0, 0.05) is 36.9 Å². The summed E-state index contributed by atoms with van der Waals surface area (Å²) >= 11 is 0. The lowest BCUT2D eigenvalue weighted by atomic mass is 10.0. The van der Waals surface area contributed by atoms with E-state index in [0.29, 0.717) is 44.0 Å². The highest BCUT2D eigenvalue weighted by atomic mass is 19.4. The van der Waals surface area contributed by atoms with Crippen LogP contribution in [0, 0.1) is 18.6 Å². The smallest absolute Gasteiger partial charge is 0.354 e. The van der Waals surface area contributed by atoms with Crippen molar-refractivity contribution >= 4 is 11.7 Å². The summed E-state index contributed by atoms with van der Waals surface area (Å²) < 4.78 is 69.1. The summed E-state index contributed by atoms with van der Waals surface area (Å²) in [5.41, 5.74) is -0.723. The molecule has 36 heavy (non-hydrogen) atoms. The number of nitrogens with zero attached hydrogens (tertiary/aromatic N) is 6. The normalized spacial score (nSPS) is 16.9. The fraction of sp³-hybridized carbons (Fsp3) is 0.417. The van der Waals surface area contributed by atoms with Gasteiger partial charge in [-0.05, 0) is 56.9 Å². The van der Waals surface area contributed by atoms with E-state index < -0.39 is 23.4 Å². The highest BCUT2D eigenvalue weighted by molar-refractivity contribution is 5.95. The largest absolute Gasteiger partial charge is 0.417 e. The van der Waals surface area contributed by atoms with Crippen LogP contribution in [0.4, 0.5) is 27.8 Å². The van der Waals surface area contributed by atoms with E-state index in [-0.39, 0.29) is 35.1 Å². The van der Waals surface area contributed by atoms with Crippen molar-refractivity contribution in [1.82, 2.24) is 24.6 Å². The van der Waals surface area contributed by atoms with Crippen LogP contribution >= 0.6 is 0 Å². The lowest BCUT2D eigenvalue weighted by Gasteiger charge is -2.39. The van der Waals surface area contributed by atoms with Crippen LogP contribution < -0.4 is 4.90 Å². The Morgan fingerprint density at radius 2 is 1.69 bits per heavy atom. The van der Waals surface area contributed by atoms with Gasteiger partial charge in [-0.2, -0.15) is 18.3 Å². The van der Waals surface area contributed by atoms with Crippen molar-refractivity contribution in [3.63, 3.8) is 0 Å². The fourth-order valence-electron chi connectivity index (χ4n) is 4.65. The van der Waals surface area contributed by atoms with Gasteiger partial charge in [0.25, 0.3) is 5.91 Å². The molecule has 1 saturated heterocycles. The number of alkyl halides is 3. The SMILES string of the molecule is Cc1ncnn1-c1ccc(C(=O)N(C2CC2)C2CCN(c3ncc(C(F)(F)F)cc3F)CC2)cc1F. The van der Waals surface area contributed by atoms with E-state index in [0.717, 1.165) is 12.8 Å². The Hall–Kier alpha value is -3.57. The standard InChI is InChI=1S/C24H23F5N6O/c1-14-31-13-32-35(14)21-5-2-15(10-19(21)25)23(36)34(17-3-4-17)18-6-8-33(9-7-18)22-20(26)11-16(12-30-22)24(27,28)29/h2,5,10-13,17-18H,3-4,6-9H2,1H3. The van der Waals surface area contributed by atoms with Gasteiger partial charge in [-0.25, -0.2) is 23.4 Å². The molecule has 0 radical (unpaired) electrons. The van der Waals surface area contributed by atoms with Gasteiger partial charge in [0.2, 0.25) is 0 Å². The van der Waals surface area contributed by atoms with E-state index in [9.17, 15) is 26.7 Å². The first-order valence-corrected chi connectivity index (χ1v) is 11.6. The third-order valence-corrected chi connectivity index (χ3v) is 6.62. The van der Waals surface area contributed by atoms with Gasteiger partial charge in [-0.1, -0.05) is 0 Å². The maximum atomic E-state index is 14.9. The maximum Gasteiger partial charge on any atom is 0.417 e. The lowest BCUT2D eigenvalue weighted by Crippen LogP contribution is -2.48. The number of aromatic nitrogens is 4. The fourth-order valence-corrected chi connectivity index (χ4v) is 4.65. The minimum absolute atomic E-state index is 0.0512. The Morgan fingerprint density at radius 3 is 2.25 bits per heavy atom. The molecule has 2 aliphatic rings. The number of halogens is 5. The van der Waals surface area contributed by atoms with Gasteiger partial charge >= 0.3 is 6.18 Å². The zero-order valence-corrected chi connectivity index (χ0v) is 19.3. The second-order valence-electron chi connectivity index (χ2n) is 9.07. The number of piperidine rings is 1. The molecule has 3 aromatic rings. The summed E-state index contributed by atoms with van der Waals surface area (Å²) in [6.45, 7) is 2.35. The molecule has 0 spiro atoms. The number of aryl methyl sites for hydroxylation is 1. The van der Waals surface area contributed by atoms with Gasteiger partial charge in [0.15, 0.2) is 11.6 Å². The molecule has 2 aromatic heterocycles. The van der Waals surface area contributed by atoms with Crippen molar-refractivity contribution in [2.24, 2.45) is 0 Å². The average molecular weight is 506 g/mol. The van der Waals surface area contributed by atoms with E-state index in [2.05, 4.69) is 15.1 Å². The van der Waals surface area contributed by atoms with Gasteiger partial charge in [0.05, 0.1) is 5.56 Å². The monoisotopic (exact) mass is 506 g/mol. The van der Waals surface area contributed by atoms with Crippen molar-refractivity contribution < 1.29 is 26.7 Å². The van der Waals surface area contributed by atoms with Gasteiger partial charge in [-0.3, -0.25) is 4.79 Å². The predicted octanol–water partition coefficient (Wildman–Crippen LogP) is 4.54. The molecule has 1 aromatic carbocycles. The quantitative estimate of drug-likeness (QED) is 0.476. The minimum Gasteiger partial charge on any atom is -0.354 e. The van der Waals surface area contributed by atoms with Crippen LogP contribution in [-0.2, 0) is 6.18 Å². The predicted molar refractivity (Wildman–Crippen MR) is 120 cm³/mol. The van der Waals surface area contributed by atoms with Crippen molar-refractivity contribution in [2.45, 2.75) is 50.9 Å². The summed E-state index contributed by atoms with van der Waals surface area (Å²) in [5, 5.41) is 4.00. The first-order chi connectivity index (χ1) is 17.1. The van der Waals surface area contributed by atoms with Crippen LogP contribution in [0.5, 0.6) is 0 Å². The zero-order valence-electron chi connectivity index (χ0n) is 19.3. The van der Waals surface area contributed by atoms with Crippen LogP contribution in [-0.4, -0.2) is 55.7 Å². The summed E-state index contributed by atoms with van der Waals surface area (Å²) in [6, 6.07) is 4.61. The summed E-state index contributed by atoms with van der Waals surface area (Å²) in [6.07, 6.45) is -0.0490. The number of amides is 1. The Bertz CT molecular complexity index is 1280. The number of carbonyl (C=O) groups is 1. The number of hydrogen-bond donors (Lipinski definition) is 0. The number of carbonyl (C=O) groups excluding carboxylic acids is 1. The van der Waals surface area contributed by atoms with Crippen molar-refractivity contribution in [2.75, 3.05) is 18.0 Å². The van der Waals surface area contributed by atoms with Gasteiger partial charge in [0.1, 0.15) is 23.7 Å². The van der Waals surface area contributed by atoms with E-state index in [1.54, 1.807) is 22.8 Å². The second-order valence-corrected chi connectivity index (χ2v) is 9.07.